The van der Waals surface area contributed by atoms with Gasteiger partial charge in [0.25, 0.3) is 0 Å². The van der Waals surface area contributed by atoms with E-state index in [2.05, 4.69) is 16.4 Å². The molecule has 1 saturated heterocycles. The van der Waals surface area contributed by atoms with Gasteiger partial charge in [0.05, 0.1) is 25.7 Å². The summed E-state index contributed by atoms with van der Waals surface area (Å²) in [4.78, 5) is 19.4. The van der Waals surface area contributed by atoms with Crippen LogP contribution in [0.15, 0.2) is 53.5 Å². The minimum absolute atomic E-state index is 0.0671. The Morgan fingerprint density at radius 3 is 2.43 bits per heavy atom. The van der Waals surface area contributed by atoms with Gasteiger partial charge in [-0.3, -0.25) is 9.79 Å². The van der Waals surface area contributed by atoms with Crippen molar-refractivity contribution in [2.45, 2.75) is 19.8 Å². The van der Waals surface area contributed by atoms with Gasteiger partial charge >= 0.3 is 0 Å². The number of amides is 1. The quantitative estimate of drug-likeness (QED) is 0.617. The van der Waals surface area contributed by atoms with E-state index in [1.807, 2.05) is 61.2 Å². The fourth-order valence-electron chi connectivity index (χ4n) is 3.44. The summed E-state index contributed by atoms with van der Waals surface area (Å²) in [5.41, 5.74) is 10.3. The standard InChI is InChI=1S/C22H28N4O2/c1-16-12-17(2)14-19(13-16)25-22(23)24-15-20(18-6-4-3-5-7-18)21(27)26-8-10-28-11-9-26/h3-7,12-14,20H,8-11,15H2,1-2H3,(H3,23,24,25). The van der Waals surface area contributed by atoms with Crippen LogP contribution >= 0.6 is 0 Å². The lowest BCUT2D eigenvalue weighted by Crippen LogP contribution is -2.43. The molecular formula is C22H28N4O2. The molecule has 2 aromatic carbocycles. The molecule has 1 aliphatic heterocycles. The molecule has 6 heteroatoms. The fourth-order valence-corrected chi connectivity index (χ4v) is 3.44. The fraction of sp³-hybridized carbons (Fsp3) is 0.364. The SMILES string of the molecule is Cc1cc(C)cc(NC(N)=NCC(C(=O)N2CCOCC2)c2ccccc2)c1. The number of nitrogens with zero attached hydrogens (tertiary/aromatic N) is 2. The Morgan fingerprint density at radius 2 is 1.79 bits per heavy atom. The van der Waals surface area contributed by atoms with Gasteiger partial charge in [-0.15, -0.1) is 0 Å². The van der Waals surface area contributed by atoms with Crippen LogP contribution in [0.1, 0.15) is 22.6 Å². The number of aliphatic imine (C=N–C) groups is 1. The predicted octanol–water partition coefficient (Wildman–Crippen LogP) is 2.67. The molecule has 2 aromatic rings. The molecule has 0 spiro atoms. The third kappa shape index (κ3) is 5.33. The lowest BCUT2D eigenvalue weighted by atomic mass is 9.97. The molecule has 6 nitrogen and oxygen atoms in total. The van der Waals surface area contributed by atoms with Crippen LogP contribution in [0, 0.1) is 13.8 Å². The summed E-state index contributed by atoms with van der Waals surface area (Å²) in [5.74, 6) is 0.0112. The summed E-state index contributed by atoms with van der Waals surface area (Å²) in [6.45, 7) is 6.75. The Morgan fingerprint density at radius 1 is 1.14 bits per heavy atom. The molecule has 1 heterocycles. The first-order chi connectivity index (χ1) is 13.5. The van der Waals surface area contributed by atoms with Crippen molar-refractivity contribution in [3.8, 4) is 0 Å². The van der Waals surface area contributed by atoms with Crippen molar-refractivity contribution < 1.29 is 9.53 Å². The molecule has 148 valence electrons. The van der Waals surface area contributed by atoms with E-state index in [0.29, 0.717) is 38.8 Å². The van der Waals surface area contributed by atoms with Crippen LogP contribution in [0.3, 0.4) is 0 Å². The summed E-state index contributed by atoms with van der Waals surface area (Å²) in [7, 11) is 0. The van der Waals surface area contributed by atoms with Gasteiger partial charge in [-0.25, -0.2) is 0 Å². The van der Waals surface area contributed by atoms with Crippen molar-refractivity contribution in [3.63, 3.8) is 0 Å². The number of hydrogen-bond acceptors (Lipinski definition) is 3. The average molecular weight is 380 g/mol. The first-order valence-electron chi connectivity index (χ1n) is 9.59. The van der Waals surface area contributed by atoms with E-state index in [9.17, 15) is 4.79 Å². The van der Waals surface area contributed by atoms with E-state index in [1.165, 1.54) is 0 Å². The molecule has 1 fully saturated rings. The van der Waals surface area contributed by atoms with E-state index in [0.717, 1.165) is 22.4 Å². The van der Waals surface area contributed by atoms with Crippen LogP contribution in [0.25, 0.3) is 0 Å². The number of carbonyl (C=O) groups is 1. The van der Waals surface area contributed by atoms with Gasteiger partial charge in [0, 0.05) is 18.8 Å². The first kappa shape index (κ1) is 19.9. The summed E-state index contributed by atoms with van der Waals surface area (Å²) in [6, 6.07) is 15.9. The molecule has 1 amide bonds. The Hall–Kier alpha value is -2.86. The van der Waals surface area contributed by atoms with Gasteiger partial charge in [0.2, 0.25) is 5.91 Å². The highest BCUT2D eigenvalue weighted by molar-refractivity contribution is 5.93. The number of aryl methyl sites for hydroxylation is 2. The molecule has 0 aromatic heterocycles. The molecule has 0 bridgehead atoms. The van der Waals surface area contributed by atoms with Crippen LogP contribution < -0.4 is 11.1 Å². The summed E-state index contributed by atoms with van der Waals surface area (Å²) >= 11 is 0. The van der Waals surface area contributed by atoms with Gasteiger partial charge in [-0.2, -0.15) is 0 Å². The number of nitrogens with two attached hydrogens (primary N) is 1. The molecule has 28 heavy (non-hydrogen) atoms. The number of nitrogens with one attached hydrogen (secondary N) is 1. The maximum Gasteiger partial charge on any atom is 0.232 e. The van der Waals surface area contributed by atoms with Crippen molar-refractivity contribution in [3.05, 3.63) is 65.2 Å². The van der Waals surface area contributed by atoms with Crippen molar-refractivity contribution in [2.24, 2.45) is 10.7 Å². The van der Waals surface area contributed by atoms with Crippen LogP contribution in [0.5, 0.6) is 0 Å². The molecule has 1 aliphatic rings. The lowest BCUT2D eigenvalue weighted by molar-refractivity contribution is -0.136. The molecule has 0 radical (unpaired) electrons. The molecule has 1 unspecified atom stereocenters. The molecular weight excluding hydrogens is 352 g/mol. The zero-order valence-electron chi connectivity index (χ0n) is 16.5. The molecule has 1 atom stereocenters. The third-order valence-electron chi connectivity index (χ3n) is 4.76. The number of guanidine groups is 1. The summed E-state index contributed by atoms with van der Waals surface area (Å²) < 4.78 is 5.37. The minimum atomic E-state index is -0.362. The highest BCUT2D eigenvalue weighted by atomic mass is 16.5. The molecule has 0 aliphatic carbocycles. The summed E-state index contributed by atoms with van der Waals surface area (Å²) in [5, 5.41) is 3.13. The number of ether oxygens (including phenoxy) is 1. The number of rotatable bonds is 5. The third-order valence-corrected chi connectivity index (χ3v) is 4.76. The van der Waals surface area contributed by atoms with E-state index in [-0.39, 0.29) is 11.8 Å². The number of carbonyl (C=O) groups excluding carboxylic acids is 1. The summed E-state index contributed by atoms with van der Waals surface area (Å²) in [6.07, 6.45) is 0. The molecule has 0 saturated carbocycles. The number of morpholine rings is 1. The van der Waals surface area contributed by atoms with E-state index < -0.39 is 0 Å². The predicted molar refractivity (Wildman–Crippen MR) is 113 cm³/mol. The maximum atomic E-state index is 13.1. The van der Waals surface area contributed by atoms with Gasteiger partial charge in [-0.1, -0.05) is 36.4 Å². The first-order valence-corrected chi connectivity index (χ1v) is 9.59. The van der Waals surface area contributed by atoms with Gasteiger partial charge in [0.15, 0.2) is 5.96 Å². The van der Waals surface area contributed by atoms with Crippen molar-refractivity contribution in [2.75, 3.05) is 38.2 Å². The second-order valence-corrected chi connectivity index (χ2v) is 7.13. The van der Waals surface area contributed by atoms with Gasteiger partial charge < -0.3 is 20.7 Å². The molecule has 3 N–H and O–H groups in total. The normalized spacial score (nSPS) is 15.9. The topological polar surface area (TPSA) is 79.9 Å². The van der Waals surface area contributed by atoms with E-state index >= 15 is 0 Å². The number of benzene rings is 2. The van der Waals surface area contributed by atoms with Crippen molar-refractivity contribution in [1.82, 2.24) is 4.90 Å². The second-order valence-electron chi connectivity index (χ2n) is 7.13. The van der Waals surface area contributed by atoms with Crippen LogP contribution in [0.2, 0.25) is 0 Å². The van der Waals surface area contributed by atoms with Crippen LogP contribution in [0.4, 0.5) is 5.69 Å². The average Bonchev–Trinajstić information content (AvgIpc) is 2.68. The lowest BCUT2D eigenvalue weighted by Gasteiger charge is -2.30. The zero-order valence-corrected chi connectivity index (χ0v) is 16.5. The minimum Gasteiger partial charge on any atom is -0.378 e. The largest absolute Gasteiger partial charge is 0.378 e. The van der Waals surface area contributed by atoms with E-state index in [1.54, 1.807) is 0 Å². The Bertz CT molecular complexity index is 809. The second kappa shape index (κ2) is 9.37. The Labute approximate surface area is 166 Å². The molecule has 3 rings (SSSR count). The Kier molecular flexibility index (Phi) is 6.66. The van der Waals surface area contributed by atoms with Gasteiger partial charge in [-0.05, 0) is 42.7 Å². The smallest absolute Gasteiger partial charge is 0.232 e. The monoisotopic (exact) mass is 380 g/mol. The van der Waals surface area contributed by atoms with Crippen molar-refractivity contribution in [1.29, 1.82) is 0 Å². The number of anilines is 1. The van der Waals surface area contributed by atoms with Gasteiger partial charge in [0.1, 0.15) is 0 Å². The number of hydrogen-bond donors (Lipinski definition) is 2. The Balaban J connectivity index is 1.74. The van der Waals surface area contributed by atoms with Crippen LogP contribution in [-0.4, -0.2) is 49.6 Å². The zero-order chi connectivity index (χ0) is 19.9. The maximum absolute atomic E-state index is 13.1. The van der Waals surface area contributed by atoms with E-state index in [4.69, 9.17) is 10.5 Å². The highest BCUT2D eigenvalue weighted by Gasteiger charge is 2.27. The van der Waals surface area contributed by atoms with Crippen molar-refractivity contribution >= 4 is 17.6 Å². The van der Waals surface area contributed by atoms with Crippen LogP contribution in [-0.2, 0) is 9.53 Å². The highest BCUT2D eigenvalue weighted by Crippen LogP contribution is 2.20.